The van der Waals surface area contributed by atoms with Gasteiger partial charge in [0.25, 0.3) is 0 Å². The fourth-order valence-electron chi connectivity index (χ4n) is 2.15. The number of rotatable bonds is 3. The van der Waals surface area contributed by atoms with Crippen molar-refractivity contribution in [1.82, 2.24) is 15.0 Å². The van der Waals surface area contributed by atoms with Gasteiger partial charge in [-0.25, -0.2) is 9.48 Å². The summed E-state index contributed by atoms with van der Waals surface area (Å²) in [7, 11) is 0. The molecule has 102 valence electrons. The molecule has 0 saturated heterocycles. The van der Waals surface area contributed by atoms with Gasteiger partial charge < -0.3 is 10.2 Å². The Labute approximate surface area is 114 Å². The van der Waals surface area contributed by atoms with Gasteiger partial charge >= 0.3 is 5.63 Å². The maximum atomic E-state index is 11.6. The number of hydrogen-bond donors (Lipinski definition) is 1. The lowest BCUT2D eigenvalue weighted by Gasteiger charge is -2.05. The van der Waals surface area contributed by atoms with Gasteiger partial charge in [0, 0.05) is 18.0 Å². The maximum absolute atomic E-state index is 11.6. The molecule has 3 rings (SSSR count). The first-order valence-electron chi connectivity index (χ1n) is 6.28. The van der Waals surface area contributed by atoms with Gasteiger partial charge in [-0.2, -0.15) is 0 Å². The van der Waals surface area contributed by atoms with E-state index in [1.54, 1.807) is 10.9 Å². The molecule has 2 heterocycles. The Bertz CT molecular complexity index is 819. The van der Waals surface area contributed by atoms with Crippen molar-refractivity contribution in [3.8, 4) is 0 Å². The molecule has 6 heteroatoms. The highest BCUT2D eigenvalue weighted by atomic mass is 16.4. The lowest BCUT2D eigenvalue weighted by molar-refractivity contribution is 0.555. The van der Waals surface area contributed by atoms with Crippen LogP contribution in [0.3, 0.4) is 0 Å². The van der Waals surface area contributed by atoms with Crippen LogP contribution in [0.4, 0.5) is 0 Å². The summed E-state index contributed by atoms with van der Waals surface area (Å²) in [6, 6.07) is 7.27. The van der Waals surface area contributed by atoms with Crippen LogP contribution in [-0.4, -0.2) is 15.0 Å². The molecule has 0 aliphatic heterocycles. The van der Waals surface area contributed by atoms with E-state index in [4.69, 9.17) is 10.2 Å². The van der Waals surface area contributed by atoms with Crippen LogP contribution in [0, 0.1) is 6.92 Å². The summed E-state index contributed by atoms with van der Waals surface area (Å²) in [6.07, 6.45) is 1.77. The van der Waals surface area contributed by atoms with E-state index in [9.17, 15) is 4.79 Å². The molecule has 0 spiro atoms. The van der Waals surface area contributed by atoms with Crippen LogP contribution < -0.4 is 11.4 Å². The SMILES string of the molecule is Cc1ccc2c(Cn3cc(CN)nn3)cc(=O)oc2c1. The number of nitrogens with zero attached hydrogens (tertiary/aromatic N) is 3. The molecule has 0 bridgehead atoms. The Morgan fingerprint density at radius 1 is 1.35 bits per heavy atom. The fraction of sp³-hybridized carbons (Fsp3) is 0.214. The van der Waals surface area contributed by atoms with Gasteiger partial charge in [0.1, 0.15) is 5.58 Å². The highest BCUT2D eigenvalue weighted by Gasteiger charge is 2.08. The number of nitrogens with two attached hydrogens (primary N) is 1. The summed E-state index contributed by atoms with van der Waals surface area (Å²) < 4.78 is 6.89. The molecule has 0 unspecified atom stereocenters. The molecule has 0 saturated carbocycles. The van der Waals surface area contributed by atoms with Crippen LogP contribution in [0.5, 0.6) is 0 Å². The minimum atomic E-state index is -0.364. The van der Waals surface area contributed by atoms with Crippen LogP contribution in [-0.2, 0) is 13.1 Å². The first kappa shape index (κ1) is 12.6. The Morgan fingerprint density at radius 2 is 2.20 bits per heavy atom. The average molecular weight is 270 g/mol. The number of aromatic nitrogens is 3. The van der Waals surface area contributed by atoms with E-state index in [0.29, 0.717) is 24.4 Å². The lowest BCUT2D eigenvalue weighted by Crippen LogP contribution is -2.06. The molecule has 0 atom stereocenters. The van der Waals surface area contributed by atoms with E-state index in [2.05, 4.69) is 10.3 Å². The molecule has 3 aromatic rings. The average Bonchev–Trinajstić information content (AvgIpc) is 2.85. The molecular formula is C14H14N4O2. The largest absolute Gasteiger partial charge is 0.423 e. The minimum Gasteiger partial charge on any atom is -0.423 e. The van der Waals surface area contributed by atoms with Crippen LogP contribution >= 0.6 is 0 Å². The van der Waals surface area contributed by atoms with Crippen molar-refractivity contribution in [1.29, 1.82) is 0 Å². The number of fused-ring (bicyclic) bond motifs is 1. The molecule has 1 aromatic carbocycles. The Balaban J connectivity index is 2.08. The van der Waals surface area contributed by atoms with Gasteiger partial charge in [0.2, 0.25) is 0 Å². The smallest absolute Gasteiger partial charge is 0.336 e. The maximum Gasteiger partial charge on any atom is 0.336 e. The summed E-state index contributed by atoms with van der Waals surface area (Å²) in [6.45, 7) is 2.76. The topological polar surface area (TPSA) is 86.9 Å². The molecule has 0 radical (unpaired) electrons. The predicted molar refractivity (Wildman–Crippen MR) is 74.2 cm³/mol. The van der Waals surface area contributed by atoms with Crippen LogP contribution in [0.15, 0.2) is 39.7 Å². The molecule has 6 nitrogen and oxygen atoms in total. The molecule has 2 aromatic heterocycles. The van der Waals surface area contributed by atoms with Gasteiger partial charge in [-0.05, 0) is 24.1 Å². The second-order valence-corrected chi connectivity index (χ2v) is 4.70. The van der Waals surface area contributed by atoms with Crippen molar-refractivity contribution in [2.24, 2.45) is 5.73 Å². The van der Waals surface area contributed by atoms with E-state index in [-0.39, 0.29) is 5.63 Å². The second kappa shape index (κ2) is 4.90. The van der Waals surface area contributed by atoms with Crippen LogP contribution in [0.1, 0.15) is 16.8 Å². The second-order valence-electron chi connectivity index (χ2n) is 4.70. The van der Waals surface area contributed by atoms with Crippen LogP contribution in [0.25, 0.3) is 11.0 Å². The third-order valence-corrected chi connectivity index (χ3v) is 3.11. The highest BCUT2D eigenvalue weighted by Crippen LogP contribution is 2.19. The summed E-state index contributed by atoms with van der Waals surface area (Å²) in [5, 5.41) is 8.83. The van der Waals surface area contributed by atoms with E-state index in [1.807, 2.05) is 25.1 Å². The zero-order valence-electron chi connectivity index (χ0n) is 11.0. The molecule has 20 heavy (non-hydrogen) atoms. The van der Waals surface area contributed by atoms with E-state index in [0.717, 1.165) is 16.5 Å². The first-order valence-corrected chi connectivity index (χ1v) is 6.28. The normalized spacial score (nSPS) is 11.1. The van der Waals surface area contributed by atoms with E-state index in [1.165, 1.54) is 6.07 Å². The summed E-state index contributed by atoms with van der Waals surface area (Å²) in [4.78, 5) is 11.6. The third-order valence-electron chi connectivity index (χ3n) is 3.11. The van der Waals surface area contributed by atoms with Gasteiger partial charge in [0.05, 0.1) is 18.4 Å². The molecule has 2 N–H and O–H groups in total. The number of benzene rings is 1. The standard InChI is InChI=1S/C14H14N4O2/c1-9-2-3-12-10(5-14(19)20-13(12)4-9)7-18-8-11(6-15)16-17-18/h2-5,8H,6-7,15H2,1H3. The van der Waals surface area contributed by atoms with Crippen molar-refractivity contribution in [2.45, 2.75) is 20.0 Å². The van der Waals surface area contributed by atoms with E-state index >= 15 is 0 Å². The zero-order chi connectivity index (χ0) is 14.1. The van der Waals surface area contributed by atoms with Crippen molar-refractivity contribution in [3.05, 3.63) is 57.7 Å². The van der Waals surface area contributed by atoms with Crippen molar-refractivity contribution >= 4 is 11.0 Å². The van der Waals surface area contributed by atoms with Crippen molar-refractivity contribution < 1.29 is 4.42 Å². The predicted octanol–water partition coefficient (Wildman–Crippen LogP) is 1.20. The summed E-state index contributed by atoms with van der Waals surface area (Å²) in [5.41, 5.74) is 8.35. The van der Waals surface area contributed by atoms with E-state index < -0.39 is 0 Å². The third kappa shape index (κ3) is 2.33. The molecule has 0 fully saturated rings. The monoisotopic (exact) mass is 270 g/mol. The summed E-state index contributed by atoms with van der Waals surface area (Å²) in [5.74, 6) is 0. The lowest BCUT2D eigenvalue weighted by atomic mass is 10.1. The Morgan fingerprint density at radius 3 is 2.95 bits per heavy atom. The van der Waals surface area contributed by atoms with Crippen molar-refractivity contribution in [2.75, 3.05) is 0 Å². The molecule has 0 amide bonds. The van der Waals surface area contributed by atoms with Gasteiger partial charge in [-0.15, -0.1) is 5.10 Å². The number of aryl methyl sites for hydroxylation is 1. The Kier molecular flexibility index (Phi) is 3.08. The summed E-state index contributed by atoms with van der Waals surface area (Å²) >= 11 is 0. The van der Waals surface area contributed by atoms with Gasteiger partial charge in [0.15, 0.2) is 0 Å². The van der Waals surface area contributed by atoms with Gasteiger partial charge in [-0.3, -0.25) is 0 Å². The minimum absolute atomic E-state index is 0.344. The Hall–Kier alpha value is -2.47. The molecule has 0 aliphatic carbocycles. The zero-order valence-corrected chi connectivity index (χ0v) is 11.0. The first-order chi connectivity index (χ1) is 9.65. The highest BCUT2D eigenvalue weighted by molar-refractivity contribution is 5.80. The van der Waals surface area contributed by atoms with Crippen molar-refractivity contribution in [3.63, 3.8) is 0 Å². The van der Waals surface area contributed by atoms with Crippen LogP contribution in [0.2, 0.25) is 0 Å². The molecule has 0 aliphatic rings. The van der Waals surface area contributed by atoms with Gasteiger partial charge in [-0.1, -0.05) is 17.3 Å². The molecular weight excluding hydrogens is 256 g/mol. The quantitative estimate of drug-likeness (QED) is 0.722. The number of hydrogen-bond acceptors (Lipinski definition) is 5. The fourth-order valence-corrected chi connectivity index (χ4v) is 2.15.